The molecule has 214 valence electrons. The van der Waals surface area contributed by atoms with Crippen LogP contribution in [0.2, 0.25) is 0 Å². The first-order valence-electron chi connectivity index (χ1n) is 14.5. The number of carbonyl (C=O) groups excluding carboxylic acids is 3. The normalized spacial score (nSPS) is 23.3. The second-order valence-corrected chi connectivity index (χ2v) is 11.8. The molecule has 4 aromatic rings. The lowest BCUT2D eigenvalue weighted by atomic mass is 9.64. The van der Waals surface area contributed by atoms with Gasteiger partial charge < -0.3 is 15.0 Å². The quantitative estimate of drug-likeness (QED) is 0.276. The number of fused-ring (bicyclic) bond motifs is 6. The second kappa shape index (κ2) is 9.80. The molecule has 4 aromatic carbocycles. The smallest absolute Gasteiger partial charge is 0.238 e. The number of nitrogens with one attached hydrogen (secondary N) is 1. The van der Waals surface area contributed by atoms with E-state index in [1.165, 1.54) is 0 Å². The predicted octanol–water partition coefficient (Wildman–Crippen LogP) is 6.56. The molecule has 0 bridgehead atoms. The maximum Gasteiger partial charge on any atom is 0.238 e. The number of hydrogen-bond acceptors (Lipinski definition) is 5. The van der Waals surface area contributed by atoms with Crippen LogP contribution in [0.15, 0.2) is 97.1 Å². The standard InChI is InChI=1S/C37H32N2O4/c1-21-12-15-24(16-13-21)35(41)33-32(34(40)25-8-7-9-26(20-25)43-4)37(28-10-5-6-11-29(28)38-36(37)42)31-19-23(3)27-18-22(2)14-17-30(27)39(31)33/h5-20,31-33H,1-4H3,(H,38,42). The molecule has 0 aromatic heterocycles. The van der Waals surface area contributed by atoms with Crippen molar-refractivity contribution in [3.8, 4) is 5.75 Å². The molecule has 7 rings (SSSR count). The molecule has 3 heterocycles. The van der Waals surface area contributed by atoms with Gasteiger partial charge in [-0.3, -0.25) is 14.4 Å². The third-order valence-electron chi connectivity index (χ3n) is 9.37. The van der Waals surface area contributed by atoms with Gasteiger partial charge in [-0.25, -0.2) is 0 Å². The second-order valence-electron chi connectivity index (χ2n) is 11.8. The van der Waals surface area contributed by atoms with Crippen molar-refractivity contribution in [2.75, 3.05) is 17.3 Å². The van der Waals surface area contributed by atoms with Crippen molar-refractivity contribution in [1.29, 1.82) is 0 Å². The highest BCUT2D eigenvalue weighted by molar-refractivity contribution is 6.18. The van der Waals surface area contributed by atoms with Gasteiger partial charge in [-0.15, -0.1) is 0 Å². The minimum absolute atomic E-state index is 0.195. The summed E-state index contributed by atoms with van der Waals surface area (Å²) in [6.07, 6.45) is 2.08. The summed E-state index contributed by atoms with van der Waals surface area (Å²) in [4.78, 5) is 46.4. The average Bonchev–Trinajstić information content (AvgIpc) is 3.49. The lowest BCUT2D eigenvalue weighted by Gasteiger charge is -2.39. The summed E-state index contributed by atoms with van der Waals surface area (Å²) in [7, 11) is 1.55. The van der Waals surface area contributed by atoms with Gasteiger partial charge in [-0.2, -0.15) is 0 Å². The van der Waals surface area contributed by atoms with E-state index >= 15 is 0 Å². The molecule has 4 unspecified atom stereocenters. The molecule has 1 fully saturated rings. The topological polar surface area (TPSA) is 75.7 Å². The SMILES string of the molecule is COc1cccc(C(=O)C2C(C(=O)c3ccc(C)cc3)N3c4ccc(C)cc4C(C)=CC3C23C(=O)Nc2ccccc23)c1. The Morgan fingerprint density at radius 3 is 2.33 bits per heavy atom. The monoisotopic (exact) mass is 568 g/mol. The Kier molecular flexibility index (Phi) is 6.13. The molecule has 1 amide bonds. The number of allylic oxidation sites excluding steroid dienone is 1. The number of Topliss-reactive ketones (excluding diaryl/α,β-unsaturated/α-hetero) is 2. The van der Waals surface area contributed by atoms with Gasteiger partial charge in [0.15, 0.2) is 11.6 Å². The summed E-state index contributed by atoms with van der Waals surface area (Å²) in [6, 6.07) is 26.6. The average molecular weight is 569 g/mol. The fraction of sp³-hybridized carbons (Fsp3) is 0.216. The van der Waals surface area contributed by atoms with E-state index in [9.17, 15) is 14.4 Å². The highest BCUT2D eigenvalue weighted by Crippen LogP contribution is 2.59. The van der Waals surface area contributed by atoms with E-state index in [0.29, 0.717) is 22.6 Å². The van der Waals surface area contributed by atoms with Crippen LogP contribution < -0.4 is 15.0 Å². The molecule has 0 aliphatic carbocycles. The minimum atomic E-state index is -1.36. The minimum Gasteiger partial charge on any atom is -0.497 e. The maximum atomic E-state index is 15.0. The third kappa shape index (κ3) is 3.82. The summed E-state index contributed by atoms with van der Waals surface area (Å²) in [5.74, 6) is -1.24. The summed E-state index contributed by atoms with van der Waals surface area (Å²) in [5, 5.41) is 3.09. The first-order valence-corrected chi connectivity index (χ1v) is 14.5. The Morgan fingerprint density at radius 2 is 1.56 bits per heavy atom. The number of benzene rings is 4. The molecule has 0 saturated carbocycles. The van der Waals surface area contributed by atoms with Crippen LogP contribution in [0, 0.1) is 19.8 Å². The van der Waals surface area contributed by atoms with E-state index in [2.05, 4.69) is 17.5 Å². The van der Waals surface area contributed by atoms with Gasteiger partial charge in [0.2, 0.25) is 5.91 Å². The molecule has 3 aliphatic rings. The summed E-state index contributed by atoms with van der Waals surface area (Å²) in [6.45, 7) is 6.05. The highest BCUT2D eigenvalue weighted by atomic mass is 16.5. The molecule has 6 heteroatoms. The van der Waals surface area contributed by atoms with Crippen molar-refractivity contribution >= 4 is 34.4 Å². The van der Waals surface area contributed by atoms with Gasteiger partial charge >= 0.3 is 0 Å². The van der Waals surface area contributed by atoms with Crippen LogP contribution in [-0.2, 0) is 10.2 Å². The van der Waals surface area contributed by atoms with Gasteiger partial charge in [0.05, 0.1) is 19.1 Å². The zero-order valence-corrected chi connectivity index (χ0v) is 24.5. The van der Waals surface area contributed by atoms with Gasteiger partial charge in [0.1, 0.15) is 17.2 Å². The Hall–Kier alpha value is -4.97. The zero-order valence-electron chi connectivity index (χ0n) is 24.5. The first kappa shape index (κ1) is 26.9. The lowest BCUT2D eigenvalue weighted by Crippen LogP contribution is -2.51. The Labute approximate surface area is 251 Å². The molecule has 6 nitrogen and oxygen atoms in total. The first-order chi connectivity index (χ1) is 20.7. The Morgan fingerprint density at radius 1 is 0.814 bits per heavy atom. The van der Waals surface area contributed by atoms with Crippen LogP contribution >= 0.6 is 0 Å². The maximum absolute atomic E-state index is 15.0. The number of rotatable bonds is 5. The number of ketones is 2. The van der Waals surface area contributed by atoms with Crippen LogP contribution in [0.25, 0.3) is 5.57 Å². The van der Waals surface area contributed by atoms with Gasteiger partial charge in [-0.1, -0.05) is 77.9 Å². The zero-order chi connectivity index (χ0) is 30.0. The molecule has 0 radical (unpaired) electrons. The van der Waals surface area contributed by atoms with E-state index < -0.39 is 23.4 Å². The van der Waals surface area contributed by atoms with Crippen molar-refractivity contribution in [3.63, 3.8) is 0 Å². The Balaban J connectivity index is 1.55. The van der Waals surface area contributed by atoms with Crippen LogP contribution in [-0.4, -0.2) is 36.7 Å². The van der Waals surface area contributed by atoms with E-state index in [0.717, 1.165) is 33.5 Å². The fourth-order valence-corrected chi connectivity index (χ4v) is 7.39. The molecule has 3 aliphatic heterocycles. The van der Waals surface area contributed by atoms with Crippen LogP contribution in [0.5, 0.6) is 5.75 Å². The molecule has 4 atom stereocenters. The number of ether oxygens (including phenoxy) is 1. The number of anilines is 2. The van der Waals surface area contributed by atoms with E-state index in [1.54, 1.807) is 31.4 Å². The fourth-order valence-electron chi connectivity index (χ4n) is 7.39. The van der Waals surface area contributed by atoms with E-state index in [4.69, 9.17) is 4.74 Å². The summed E-state index contributed by atoms with van der Waals surface area (Å²) >= 11 is 0. The largest absolute Gasteiger partial charge is 0.497 e. The molecule has 1 saturated heterocycles. The predicted molar refractivity (Wildman–Crippen MR) is 168 cm³/mol. The van der Waals surface area contributed by atoms with Crippen LogP contribution in [0.1, 0.15) is 49.9 Å². The number of aryl methyl sites for hydroxylation is 2. The van der Waals surface area contributed by atoms with Crippen LogP contribution in [0.3, 0.4) is 0 Å². The number of nitrogens with zero attached hydrogens (tertiary/aromatic N) is 1. The van der Waals surface area contributed by atoms with Crippen molar-refractivity contribution in [3.05, 3.63) is 130 Å². The summed E-state index contributed by atoms with van der Waals surface area (Å²) < 4.78 is 5.46. The van der Waals surface area contributed by atoms with Crippen LogP contribution in [0.4, 0.5) is 11.4 Å². The number of hydrogen-bond donors (Lipinski definition) is 1. The van der Waals surface area contributed by atoms with Crippen molar-refractivity contribution in [1.82, 2.24) is 0 Å². The van der Waals surface area contributed by atoms with Gasteiger partial charge in [0, 0.05) is 28.1 Å². The highest BCUT2D eigenvalue weighted by Gasteiger charge is 2.70. The molecular formula is C37H32N2O4. The number of methoxy groups -OCH3 is 1. The molecule has 1 spiro atoms. The molecule has 1 N–H and O–H groups in total. The number of carbonyl (C=O) groups is 3. The number of para-hydroxylation sites is 1. The van der Waals surface area contributed by atoms with E-state index in [-0.39, 0.29) is 17.5 Å². The van der Waals surface area contributed by atoms with E-state index in [1.807, 2.05) is 86.3 Å². The molecular weight excluding hydrogens is 536 g/mol. The Bertz CT molecular complexity index is 1860. The van der Waals surface area contributed by atoms with Gasteiger partial charge in [0.25, 0.3) is 0 Å². The van der Waals surface area contributed by atoms with Crippen molar-refractivity contribution < 1.29 is 19.1 Å². The number of amides is 1. The summed E-state index contributed by atoms with van der Waals surface area (Å²) in [5.41, 5.74) is 5.91. The third-order valence-corrected chi connectivity index (χ3v) is 9.37. The molecule has 43 heavy (non-hydrogen) atoms. The van der Waals surface area contributed by atoms with Gasteiger partial charge in [-0.05, 0) is 62.2 Å². The van der Waals surface area contributed by atoms with Crippen molar-refractivity contribution in [2.45, 2.75) is 38.3 Å². The van der Waals surface area contributed by atoms with Crippen molar-refractivity contribution in [2.24, 2.45) is 5.92 Å². The lowest BCUT2D eigenvalue weighted by molar-refractivity contribution is -0.121.